The Labute approximate surface area is 183 Å². The zero-order valence-corrected chi connectivity index (χ0v) is 18.4. The summed E-state index contributed by atoms with van der Waals surface area (Å²) < 4.78 is 0.962. The fraction of sp³-hybridized carbons (Fsp3) is 0.304. The number of nitrogens with two attached hydrogens (primary N) is 1. The Hall–Kier alpha value is -2.64. The van der Waals surface area contributed by atoms with Gasteiger partial charge in [-0.05, 0) is 55.2 Å². The summed E-state index contributed by atoms with van der Waals surface area (Å²) in [5, 5.41) is 5.23. The monoisotopic (exact) mass is 468 g/mol. The van der Waals surface area contributed by atoms with Crippen LogP contribution < -0.4 is 16.6 Å². The molecule has 1 aliphatic heterocycles. The smallest absolute Gasteiger partial charge is 0.255 e. The average Bonchev–Trinajstić information content (AvgIpc) is 2.76. The number of anilines is 1. The lowest BCUT2D eigenvalue weighted by Gasteiger charge is -2.34. The fourth-order valence-electron chi connectivity index (χ4n) is 4.08. The number of nitrogens with zero attached hydrogens (tertiary/aromatic N) is 1. The van der Waals surface area contributed by atoms with Crippen LogP contribution in [0.5, 0.6) is 0 Å². The SMILES string of the molecule is Cc1c[nH]c(=O)c2cccc(NC3CCN(C(=O)C(N)c4ccc(Br)cc4)CC3)c12. The van der Waals surface area contributed by atoms with Crippen LogP contribution in [-0.2, 0) is 4.79 Å². The van der Waals surface area contributed by atoms with Crippen molar-refractivity contribution in [3.63, 3.8) is 0 Å². The topological polar surface area (TPSA) is 91.2 Å². The number of carbonyl (C=O) groups excluding carboxylic acids is 1. The predicted octanol–water partition coefficient (Wildman–Crippen LogP) is 3.70. The first kappa shape index (κ1) is 20.6. The number of aromatic nitrogens is 1. The minimum atomic E-state index is -0.643. The molecule has 7 heteroatoms. The van der Waals surface area contributed by atoms with Gasteiger partial charge in [-0.25, -0.2) is 0 Å². The molecule has 30 heavy (non-hydrogen) atoms. The normalized spacial score (nSPS) is 15.9. The van der Waals surface area contributed by atoms with E-state index in [9.17, 15) is 9.59 Å². The molecule has 156 valence electrons. The molecule has 0 radical (unpaired) electrons. The number of likely N-dealkylation sites (tertiary alicyclic amines) is 1. The Kier molecular flexibility index (Phi) is 5.92. The molecule has 0 spiro atoms. The van der Waals surface area contributed by atoms with E-state index in [0.29, 0.717) is 18.5 Å². The van der Waals surface area contributed by atoms with E-state index in [0.717, 1.165) is 39.5 Å². The maximum atomic E-state index is 12.8. The summed E-state index contributed by atoms with van der Waals surface area (Å²) in [5.74, 6) is -0.0386. The molecule has 6 nitrogen and oxygen atoms in total. The maximum Gasteiger partial charge on any atom is 0.255 e. The molecule has 1 atom stereocenters. The third-order valence-electron chi connectivity index (χ3n) is 5.78. The predicted molar refractivity (Wildman–Crippen MR) is 124 cm³/mol. The van der Waals surface area contributed by atoms with Gasteiger partial charge in [0, 0.05) is 46.3 Å². The van der Waals surface area contributed by atoms with Crippen LogP contribution in [0.4, 0.5) is 5.69 Å². The van der Waals surface area contributed by atoms with Crippen molar-refractivity contribution in [2.24, 2.45) is 5.73 Å². The van der Waals surface area contributed by atoms with Gasteiger partial charge in [-0.1, -0.05) is 34.1 Å². The van der Waals surface area contributed by atoms with Crippen LogP contribution in [0, 0.1) is 6.92 Å². The highest BCUT2D eigenvalue weighted by Crippen LogP contribution is 2.27. The van der Waals surface area contributed by atoms with Crippen molar-refractivity contribution < 1.29 is 4.79 Å². The standard InChI is InChI=1S/C23H25BrN4O2/c1-14-13-26-22(29)18-3-2-4-19(20(14)18)27-17-9-11-28(12-10-17)23(30)21(25)15-5-7-16(24)8-6-15/h2-8,13,17,21,27H,9-12,25H2,1H3,(H,26,29). The highest BCUT2D eigenvalue weighted by Gasteiger charge is 2.27. The summed E-state index contributed by atoms with van der Waals surface area (Å²) in [6, 6.07) is 12.9. The number of carbonyl (C=O) groups is 1. The van der Waals surface area contributed by atoms with Gasteiger partial charge in [-0.2, -0.15) is 0 Å². The molecule has 4 N–H and O–H groups in total. The third kappa shape index (κ3) is 4.13. The van der Waals surface area contributed by atoms with Crippen molar-refractivity contribution in [3.05, 3.63) is 74.6 Å². The molecule has 1 aliphatic rings. The van der Waals surface area contributed by atoms with E-state index in [1.165, 1.54) is 0 Å². The van der Waals surface area contributed by atoms with E-state index in [2.05, 4.69) is 26.2 Å². The van der Waals surface area contributed by atoms with Crippen LogP contribution in [0.15, 0.2) is 57.9 Å². The lowest BCUT2D eigenvalue weighted by atomic mass is 10.0. The number of pyridine rings is 1. The zero-order chi connectivity index (χ0) is 21.3. The lowest BCUT2D eigenvalue weighted by molar-refractivity contribution is -0.133. The Balaban J connectivity index is 1.42. The molecule has 3 aromatic rings. The van der Waals surface area contributed by atoms with Crippen molar-refractivity contribution >= 4 is 38.3 Å². The summed E-state index contributed by atoms with van der Waals surface area (Å²) in [6.07, 6.45) is 3.41. The summed E-state index contributed by atoms with van der Waals surface area (Å²) in [6.45, 7) is 3.31. The second kappa shape index (κ2) is 8.62. The van der Waals surface area contributed by atoms with E-state index in [1.807, 2.05) is 54.3 Å². The van der Waals surface area contributed by atoms with Gasteiger partial charge in [0.2, 0.25) is 5.91 Å². The maximum absolute atomic E-state index is 12.8. The number of hydrogen-bond donors (Lipinski definition) is 3. The van der Waals surface area contributed by atoms with Crippen LogP contribution in [0.3, 0.4) is 0 Å². The van der Waals surface area contributed by atoms with Crippen molar-refractivity contribution in [1.82, 2.24) is 9.88 Å². The number of amides is 1. The molecular weight excluding hydrogens is 444 g/mol. The van der Waals surface area contributed by atoms with Crippen LogP contribution in [0.25, 0.3) is 10.8 Å². The number of piperidine rings is 1. The largest absolute Gasteiger partial charge is 0.382 e. The summed E-state index contributed by atoms with van der Waals surface area (Å²) in [7, 11) is 0. The van der Waals surface area contributed by atoms with Crippen LogP contribution >= 0.6 is 15.9 Å². The number of H-pyrrole nitrogens is 1. The number of rotatable bonds is 4. The Morgan fingerprint density at radius 3 is 2.60 bits per heavy atom. The molecular formula is C23H25BrN4O2. The number of aryl methyl sites for hydroxylation is 1. The average molecular weight is 469 g/mol. The van der Waals surface area contributed by atoms with Gasteiger partial charge in [-0.15, -0.1) is 0 Å². The van der Waals surface area contributed by atoms with Gasteiger partial charge in [0.05, 0.1) is 0 Å². The van der Waals surface area contributed by atoms with Crippen LogP contribution in [0.2, 0.25) is 0 Å². The molecule has 1 amide bonds. The van der Waals surface area contributed by atoms with E-state index in [4.69, 9.17) is 5.73 Å². The first-order chi connectivity index (χ1) is 14.4. The van der Waals surface area contributed by atoms with E-state index >= 15 is 0 Å². The fourth-order valence-corrected chi connectivity index (χ4v) is 4.35. The highest BCUT2D eigenvalue weighted by atomic mass is 79.9. The van der Waals surface area contributed by atoms with Crippen LogP contribution in [-0.4, -0.2) is 34.9 Å². The number of hydrogen-bond acceptors (Lipinski definition) is 4. The van der Waals surface area contributed by atoms with E-state index in [-0.39, 0.29) is 17.5 Å². The molecule has 1 saturated heterocycles. The molecule has 1 aromatic heterocycles. The molecule has 2 heterocycles. The van der Waals surface area contributed by atoms with E-state index in [1.54, 1.807) is 6.20 Å². The highest BCUT2D eigenvalue weighted by molar-refractivity contribution is 9.10. The molecule has 0 saturated carbocycles. The Bertz CT molecular complexity index is 1120. The number of nitrogens with one attached hydrogen (secondary N) is 2. The minimum Gasteiger partial charge on any atom is -0.382 e. The summed E-state index contributed by atoms with van der Waals surface area (Å²) >= 11 is 3.40. The lowest BCUT2D eigenvalue weighted by Crippen LogP contribution is -2.45. The first-order valence-electron chi connectivity index (χ1n) is 10.1. The minimum absolute atomic E-state index is 0.0386. The Morgan fingerprint density at radius 1 is 1.20 bits per heavy atom. The third-order valence-corrected chi connectivity index (χ3v) is 6.31. The van der Waals surface area contributed by atoms with Gasteiger partial charge < -0.3 is 20.9 Å². The molecule has 1 fully saturated rings. The van der Waals surface area contributed by atoms with Gasteiger partial charge in [-0.3, -0.25) is 9.59 Å². The quantitative estimate of drug-likeness (QED) is 0.544. The number of aromatic amines is 1. The molecule has 1 unspecified atom stereocenters. The van der Waals surface area contributed by atoms with Crippen molar-refractivity contribution in [2.45, 2.75) is 31.8 Å². The Morgan fingerprint density at radius 2 is 1.90 bits per heavy atom. The molecule has 4 rings (SSSR count). The molecule has 2 aromatic carbocycles. The van der Waals surface area contributed by atoms with Gasteiger partial charge in [0.1, 0.15) is 6.04 Å². The summed E-state index contributed by atoms with van der Waals surface area (Å²) in [5.41, 5.74) is 8.95. The van der Waals surface area contributed by atoms with Gasteiger partial charge >= 0.3 is 0 Å². The van der Waals surface area contributed by atoms with Crippen molar-refractivity contribution in [1.29, 1.82) is 0 Å². The van der Waals surface area contributed by atoms with Crippen molar-refractivity contribution in [3.8, 4) is 0 Å². The second-order valence-corrected chi connectivity index (χ2v) is 8.72. The number of halogens is 1. The second-order valence-electron chi connectivity index (χ2n) is 7.80. The number of benzene rings is 2. The van der Waals surface area contributed by atoms with Crippen LogP contribution in [0.1, 0.15) is 30.0 Å². The number of fused-ring (bicyclic) bond motifs is 1. The zero-order valence-electron chi connectivity index (χ0n) is 16.8. The molecule has 0 bridgehead atoms. The van der Waals surface area contributed by atoms with Gasteiger partial charge in [0.25, 0.3) is 5.56 Å². The van der Waals surface area contributed by atoms with Gasteiger partial charge in [0.15, 0.2) is 0 Å². The van der Waals surface area contributed by atoms with Crippen molar-refractivity contribution in [2.75, 3.05) is 18.4 Å². The molecule has 0 aliphatic carbocycles. The first-order valence-corrected chi connectivity index (χ1v) is 10.9. The van der Waals surface area contributed by atoms with E-state index < -0.39 is 6.04 Å². The summed E-state index contributed by atoms with van der Waals surface area (Å²) in [4.78, 5) is 29.6.